The number of nitrogens with two attached hydrogens (primary N) is 1. The van der Waals surface area contributed by atoms with Gasteiger partial charge in [-0.25, -0.2) is 0 Å². The van der Waals surface area contributed by atoms with E-state index in [1.54, 1.807) is 6.20 Å². The highest BCUT2D eigenvalue weighted by Gasteiger charge is 2.09. The van der Waals surface area contributed by atoms with E-state index < -0.39 is 0 Å². The molecule has 2 rings (SSSR count). The zero-order valence-corrected chi connectivity index (χ0v) is 12.0. The Bertz CT molecular complexity index is 598. The first-order valence-electron chi connectivity index (χ1n) is 6.90. The van der Waals surface area contributed by atoms with Crippen LogP contribution in [0.15, 0.2) is 53.8 Å². The lowest BCUT2D eigenvalue weighted by Crippen LogP contribution is -2.29. The standard InChI is InChI=1S/C16H20N4O/c1-12(10-13-6-3-2-4-7-13)19-11-14-8-5-9-18-15(14)16(17)20-21/h2-9,12,19,21H,10-11H2,1H3,(H2,17,20). The van der Waals surface area contributed by atoms with Crippen molar-refractivity contribution < 1.29 is 5.21 Å². The Hall–Kier alpha value is -2.40. The van der Waals surface area contributed by atoms with Crippen LogP contribution in [0.5, 0.6) is 0 Å². The predicted octanol–water partition coefficient (Wildman–Crippen LogP) is 1.90. The van der Waals surface area contributed by atoms with E-state index in [0.717, 1.165) is 12.0 Å². The highest BCUT2D eigenvalue weighted by molar-refractivity contribution is 5.96. The monoisotopic (exact) mass is 284 g/mol. The van der Waals surface area contributed by atoms with E-state index in [2.05, 4.69) is 34.5 Å². The molecule has 2 aromatic rings. The number of aromatic nitrogens is 1. The van der Waals surface area contributed by atoms with Gasteiger partial charge < -0.3 is 16.3 Å². The molecule has 0 radical (unpaired) electrons. The average Bonchev–Trinajstić information content (AvgIpc) is 2.53. The fourth-order valence-electron chi connectivity index (χ4n) is 2.18. The molecule has 1 heterocycles. The highest BCUT2D eigenvalue weighted by atomic mass is 16.4. The van der Waals surface area contributed by atoms with Crippen molar-refractivity contribution in [3.63, 3.8) is 0 Å². The highest BCUT2D eigenvalue weighted by Crippen LogP contribution is 2.07. The van der Waals surface area contributed by atoms with Gasteiger partial charge in [0, 0.05) is 18.8 Å². The maximum Gasteiger partial charge on any atom is 0.189 e. The zero-order valence-electron chi connectivity index (χ0n) is 12.0. The molecule has 1 aromatic carbocycles. The van der Waals surface area contributed by atoms with Crippen LogP contribution in [-0.2, 0) is 13.0 Å². The number of hydrogen-bond donors (Lipinski definition) is 3. The molecule has 0 aliphatic rings. The summed E-state index contributed by atoms with van der Waals surface area (Å²) in [5.41, 5.74) is 8.35. The molecular weight excluding hydrogens is 264 g/mol. The molecule has 0 spiro atoms. The Morgan fingerprint density at radius 1 is 1.29 bits per heavy atom. The summed E-state index contributed by atoms with van der Waals surface area (Å²) in [6.07, 6.45) is 2.57. The minimum Gasteiger partial charge on any atom is -0.409 e. The van der Waals surface area contributed by atoms with Gasteiger partial charge in [-0.1, -0.05) is 41.6 Å². The van der Waals surface area contributed by atoms with E-state index >= 15 is 0 Å². The molecule has 1 atom stereocenters. The number of rotatable bonds is 6. The van der Waals surface area contributed by atoms with Crippen LogP contribution in [0, 0.1) is 0 Å². The molecule has 0 fully saturated rings. The summed E-state index contributed by atoms with van der Waals surface area (Å²) in [4.78, 5) is 4.16. The summed E-state index contributed by atoms with van der Waals surface area (Å²) >= 11 is 0. The SMILES string of the molecule is CC(Cc1ccccc1)NCc1cccnc1C(N)=NO. The van der Waals surface area contributed by atoms with E-state index in [9.17, 15) is 0 Å². The Balaban J connectivity index is 1.97. The van der Waals surface area contributed by atoms with Gasteiger partial charge in [0.1, 0.15) is 5.69 Å². The second kappa shape index (κ2) is 7.40. The molecule has 0 bridgehead atoms. The van der Waals surface area contributed by atoms with Crippen LogP contribution in [0.2, 0.25) is 0 Å². The molecule has 21 heavy (non-hydrogen) atoms. The second-order valence-corrected chi connectivity index (χ2v) is 4.97. The molecule has 0 amide bonds. The lowest BCUT2D eigenvalue weighted by Gasteiger charge is -2.15. The fraction of sp³-hybridized carbons (Fsp3) is 0.250. The Morgan fingerprint density at radius 2 is 2.05 bits per heavy atom. The van der Waals surface area contributed by atoms with Gasteiger partial charge in [-0.3, -0.25) is 4.98 Å². The second-order valence-electron chi connectivity index (χ2n) is 4.97. The first kappa shape index (κ1) is 15.0. The first-order valence-corrected chi connectivity index (χ1v) is 6.90. The Kier molecular flexibility index (Phi) is 5.29. The van der Waals surface area contributed by atoms with Gasteiger partial charge in [-0.05, 0) is 30.5 Å². The van der Waals surface area contributed by atoms with Gasteiger partial charge in [-0.15, -0.1) is 0 Å². The molecule has 1 aromatic heterocycles. The van der Waals surface area contributed by atoms with Crippen molar-refractivity contribution in [2.75, 3.05) is 0 Å². The summed E-state index contributed by atoms with van der Waals surface area (Å²) < 4.78 is 0. The molecule has 5 nitrogen and oxygen atoms in total. The minimum atomic E-state index is 0.0307. The molecule has 110 valence electrons. The van der Waals surface area contributed by atoms with Crippen molar-refractivity contribution in [3.8, 4) is 0 Å². The molecule has 0 aliphatic heterocycles. The fourth-order valence-corrected chi connectivity index (χ4v) is 2.18. The third-order valence-corrected chi connectivity index (χ3v) is 3.27. The number of benzene rings is 1. The zero-order chi connectivity index (χ0) is 15.1. The van der Waals surface area contributed by atoms with E-state index in [4.69, 9.17) is 10.9 Å². The quantitative estimate of drug-likeness (QED) is 0.327. The van der Waals surface area contributed by atoms with Crippen molar-refractivity contribution in [1.29, 1.82) is 0 Å². The number of nitrogens with zero attached hydrogens (tertiary/aromatic N) is 2. The van der Waals surface area contributed by atoms with E-state index in [1.807, 2.05) is 30.3 Å². The Morgan fingerprint density at radius 3 is 2.76 bits per heavy atom. The summed E-state index contributed by atoms with van der Waals surface area (Å²) in [7, 11) is 0. The molecule has 0 saturated heterocycles. The predicted molar refractivity (Wildman–Crippen MR) is 83.2 cm³/mol. The molecule has 5 heteroatoms. The average molecular weight is 284 g/mol. The van der Waals surface area contributed by atoms with Gasteiger partial charge in [0.15, 0.2) is 5.84 Å². The lowest BCUT2D eigenvalue weighted by molar-refractivity contribution is 0.318. The first-order chi connectivity index (χ1) is 10.2. The number of pyridine rings is 1. The molecular formula is C16H20N4O. The summed E-state index contributed by atoms with van der Waals surface area (Å²) in [5.74, 6) is 0.0307. The van der Waals surface area contributed by atoms with E-state index in [0.29, 0.717) is 18.3 Å². The number of nitrogens with one attached hydrogen (secondary N) is 1. The van der Waals surface area contributed by atoms with Crippen molar-refractivity contribution in [3.05, 3.63) is 65.5 Å². The van der Waals surface area contributed by atoms with Crippen LogP contribution in [-0.4, -0.2) is 22.1 Å². The van der Waals surface area contributed by atoms with Gasteiger partial charge in [-0.2, -0.15) is 0 Å². The molecule has 1 unspecified atom stereocenters. The lowest BCUT2D eigenvalue weighted by atomic mass is 10.1. The smallest absolute Gasteiger partial charge is 0.189 e. The minimum absolute atomic E-state index is 0.0307. The largest absolute Gasteiger partial charge is 0.409 e. The van der Waals surface area contributed by atoms with Crippen LogP contribution < -0.4 is 11.1 Å². The van der Waals surface area contributed by atoms with Crippen LogP contribution in [0.3, 0.4) is 0 Å². The van der Waals surface area contributed by atoms with Crippen molar-refractivity contribution in [2.24, 2.45) is 10.9 Å². The third kappa shape index (κ3) is 4.29. The van der Waals surface area contributed by atoms with Crippen LogP contribution >= 0.6 is 0 Å². The van der Waals surface area contributed by atoms with Gasteiger partial charge in [0.2, 0.25) is 0 Å². The van der Waals surface area contributed by atoms with Crippen molar-refractivity contribution >= 4 is 5.84 Å². The van der Waals surface area contributed by atoms with Crippen molar-refractivity contribution in [2.45, 2.75) is 25.9 Å². The third-order valence-electron chi connectivity index (χ3n) is 3.27. The van der Waals surface area contributed by atoms with Crippen LogP contribution in [0.4, 0.5) is 0 Å². The maximum atomic E-state index is 8.79. The van der Waals surface area contributed by atoms with E-state index in [-0.39, 0.29) is 5.84 Å². The summed E-state index contributed by atoms with van der Waals surface area (Å²) in [6, 6.07) is 14.4. The summed E-state index contributed by atoms with van der Waals surface area (Å²) in [5, 5.41) is 15.2. The number of oxime groups is 1. The topological polar surface area (TPSA) is 83.5 Å². The van der Waals surface area contributed by atoms with Crippen molar-refractivity contribution in [1.82, 2.24) is 10.3 Å². The van der Waals surface area contributed by atoms with E-state index in [1.165, 1.54) is 5.56 Å². The van der Waals surface area contributed by atoms with Crippen LogP contribution in [0.1, 0.15) is 23.7 Å². The van der Waals surface area contributed by atoms with Gasteiger partial charge in [0.25, 0.3) is 0 Å². The normalized spacial score (nSPS) is 13.1. The summed E-state index contributed by atoms with van der Waals surface area (Å²) in [6.45, 7) is 2.75. The molecule has 4 N–H and O–H groups in total. The number of hydrogen-bond acceptors (Lipinski definition) is 4. The molecule has 0 aliphatic carbocycles. The Labute approximate surface area is 124 Å². The maximum absolute atomic E-state index is 8.79. The number of amidine groups is 1. The van der Waals surface area contributed by atoms with Gasteiger partial charge >= 0.3 is 0 Å². The molecule has 0 saturated carbocycles. The van der Waals surface area contributed by atoms with Crippen LogP contribution in [0.25, 0.3) is 0 Å². The van der Waals surface area contributed by atoms with Gasteiger partial charge in [0.05, 0.1) is 0 Å².